The molecule has 0 atom stereocenters. The van der Waals surface area contributed by atoms with Crippen molar-refractivity contribution in [1.29, 1.82) is 0 Å². The van der Waals surface area contributed by atoms with Crippen molar-refractivity contribution in [2.75, 3.05) is 17.6 Å². The SMILES string of the molecule is CCC1(CC)CN=C(Nc2ccccc2)SC1. The van der Waals surface area contributed by atoms with Crippen molar-refractivity contribution in [2.24, 2.45) is 10.4 Å². The van der Waals surface area contributed by atoms with Crippen molar-refractivity contribution >= 4 is 22.6 Å². The van der Waals surface area contributed by atoms with Gasteiger partial charge in [0, 0.05) is 18.0 Å². The lowest BCUT2D eigenvalue weighted by atomic mass is 9.84. The molecule has 0 bridgehead atoms. The van der Waals surface area contributed by atoms with Gasteiger partial charge in [0.25, 0.3) is 0 Å². The van der Waals surface area contributed by atoms with Gasteiger partial charge in [0.2, 0.25) is 0 Å². The second kappa shape index (κ2) is 5.58. The largest absolute Gasteiger partial charge is 0.335 e. The molecule has 0 radical (unpaired) electrons. The number of nitrogens with one attached hydrogen (secondary N) is 1. The fraction of sp³-hybridized carbons (Fsp3) is 0.500. The van der Waals surface area contributed by atoms with Crippen LogP contribution in [0.25, 0.3) is 0 Å². The summed E-state index contributed by atoms with van der Waals surface area (Å²) in [5.74, 6) is 1.18. The lowest BCUT2D eigenvalue weighted by molar-refractivity contribution is 0.318. The summed E-state index contributed by atoms with van der Waals surface area (Å²) < 4.78 is 0. The zero-order valence-corrected chi connectivity index (χ0v) is 11.4. The van der Waals surface area contributed by atoms with Crippen molar-refractivity contribution in [1.82, 2.24) is 0 Å². The molecule has 2 nitrogen and oxygen atoms in total. The normalized spacial score (nSPS) is 18.6. The molecule has 0 aliphatic carbocycles. The molecule has 1 heterocycles. The van der Waals surface area contributed by atoms with E-state index in [1.165, 1.54) is 18.6 Å². The standard InChI is InChI=1S/C14H20N2S/c1-3-14(4-2)10-15-13(17-11-14)16-12-8-6-5-7-9-12/h5-9H,3-4,10-11H2,1-2H3,(H,15,16). The van der Waals surface area contributed by atoms with E-state index in [1.807, 2.05) is 30.0 Å². The molecular formula is C14H20N2S. The van der Waals surface area contributed by atoms with E-state index >= 15 is 0 Å². The Morgan fingerprint density at radius 1 is 1.24 bits per heavy atom. The molecule has 1 aliphatic heterocycles. The molecule has 1 aliphatic rings. The summed E-state index contributed by atoms with van der Waals surface area (Å²) in [4.78, 5) is 4.69. The van der Waals surface area contributed by atoms with E-state index in [9.17, 15) is 0 Å². The second-order valence-corrected chi connectivity index (χ2v) is 5.57. The maximum Gasteiger partial charge on any atom is 0.161 e. The van der Waals surface area contributed by atoms with Gasteiger partial charge in [-0.05, 0) is 30.4 Å². The van der Waals surface area contributed by atoms with Gasteiger partial charge in [-0.25, -0.2) is 0 Å². The monoisotopic (exact) mass is 248 g/mol. The molecule has 0 aromatic heterocycles. The van der Waals surface area contributed by atoms with Gasteiger partial charge in [0.15, 0.2) is 5.17 Å². The summed E-state index contributed by atoms with van der Waals surface area (Å²) in [6.07, 6.45) is 2.44. The highest BCUT2D eigenvalue weighted by Crippen LogP contribution is 2.35. The first-order valence-corrected chi connectivity index (χ1v) is 7.26. The molecule has 1 aromatic carbocycles. The van der Waals surface area contributed by atoms with Crippen molar-refractivity contribution in [3.8, 4) is 0 Å². The first kappa shape index (κ1) is 12.5. The lowest BCUT2D eigenvalue weighted by Crippen LogP contribution is -2.32. The number of aliphatic imine (C=N–C) groups is 1. The van der Waals surface area contributed by atoms with Crippen LogP contribution in [0.1, 0.15) is 26.7 Å². The summed E-state index contributed by atoms with van der Waals surface area (Å²) in [6.45, 7) is 5.51. The van der Waals surface area contributed by atoms with Crippen molar-refractivity contribution in [3.63, 3.8) is 0 Å². The molecule has 1 N–H and O–H groups in total. The minimum absolute atomic E-state index is 0.423. The van der Waals surface area contributed by atoms with Crippen molar-refractivity contribution in [2.45, 2.75) is 26.7 Å². The zero-order chi connectivity index (χ0) is 12.1. The number of hydrogen-bond acceptors (Lipinski definition) is 3. The second-order valence-electron chi connectivity index (χ2n) is 4.61. The van der Waals surface area contributed by atoms with Crippen molar-refractivity contribution < 1.29 is 0 Å². The van der Waals surface area contributed by atoms with Crippen LogP contribution < -0.4 is 5.32 Å². The van der Waals surface area contributed by atoms with Gasteiger partial charge in [0.05, 0.1) is 0 Å². The Morgan fingerprint density at radius 2 is 1.94 bits per heavy atom. The van der Waals surface area contributed by atoms with Crippen LogP contribution in [0.4, 0.5) is 5.69 Å². The van der Waals surface area contributed by atoms with Crippen LogP contribution in [0.15, 0.2) is 35.3 Å². The van der Waals surface area contributed by atoms with Gasteiger partial charge in [0.1, 0.15) is 0 Å². The third kappa shape index (κ3) is 3.03. The number of amidine groups is 1. The maximum atomic E-state index is 4.69. The van der Waals surface area contributed by atoms with Gasteiger partial charge in [-0.1, -0.05) is 43.8 Å². The fourth-order valence-electron chi connectivity index (χ4n) is 1.95. The quantitative estimate of drug-likeness (QED) is 0.874. The molecular weight excluding hydrogens is 228 g/mol. The average Bonchev–Trinajstić information content (AvgIpc) is 2.41. The zero-order valence-electron chi connectivity index (χ0n) is 10.6. The van der Waals surface area contributed by atoms with Crippen LogP contribution >= 0.6 is 11.8 Å². The van der Waals surface area contributed by atoms with Gasteiger partial charge in [-0.15, -0.1) is 0 Å². The Hall–Kier alpha value is -0.960. The van der Waals surface area contributed by atoms with E-state index in [1.54, 1.807) is 0 Å². The minimum atomic E-state index is 0.423. The summed E-state index contributed by atoms with van der Waals surface area (Å²) >= 11 is 1.85. The van der Waals surface area contributed by atoms with Crippen LogP contribution in [0, 0.1) is 5.41 Å². The Balaban J connectivity index is 2.00. The smallest absolute Gasteiger partial charge is 0.161 e. The highest BCUT2D eigenvalue weighted by molar-refractivity contribution is 8.14. The minimum Gasteiger partial charge on any atom is -0.335 e. The summed E-state index contributed by atoms with van der Waals surface area (Å²) in [5.41, 5.74) is 1.55. The number of rotatable bonds is 3. The number of para-hydroxylation sites is 1. The van der Waals surface area contributed by atoms with Crippen LogP contribution in [0.3, 0.4) is 0 Å². The third-order valence-corrected chi connectivity index (χ3v) is 4.86. The topological polar surface area (TPSA) is 24.4 Å². The van der Waals surface area contributed by atoms with Gasteiger partial charge in [-0.2, -0.15) is 0 Å². The van der Waals surface area contributed by atoms with E-state index in [-0.39, 0.29) is 0 Å². The Morgan fingerprint density at radius 3 is 2.47 bits per heavy atom. The molecule has 0 spiro atoms. The lowest BCUT2D eigenvalue weighted by Gasteiger charge is -2.33. The molecule has 92 valence electrons. The Bertz CT molecular complexity index is 382. The third-order valence-electron chi connectivity index (χ3n) is 3.60. The number of hydrogen-bond donors (Lipinski definition) is 1. The molecule has 0 amide bonds. The van der Waals surface area contributed by atoms with Crippen molar-refractivity contribution in [3.05, 3.63) is 30.3 Å². The van der Waals surface area contributed by atoms with E-state index in [0.717, 1.165) is 17.4 Å². The van der Waals surface area contributed by atoms with Crippen LogP contribution in [0.5, 0.6) is 0 Å². The molecule has 17 heavy (non-hydrogen) atoms. The van der Waals surface area contributed by atoms with Crippen LogP contribution in [0.2, 0.25) is 0 Å². The predicted octanol–water partition coefficient (Wildman–Crippen LogP) is 4.01. The van der Waals surface area contributed by atoms with E-state index in [0.29, 0.717) is 5.41 Å². The molecule has 3 heteroatoms. The maximum absolute atomic E-state index is 4.69. The summed E-state index contributed by atoms with van der Waals surface area (Å²) in [6, 6.07) is 10.3. The van der Waals surface area contributed by atoms with Gasteiger partial charge >= 0.3 is 0 Å². The van der Waals surface area contributed by atoms with E-state index in [4.69, 9.17) is 0 Å². The number of nitrogens with zero attached hydrogens (tertiary/aromatic N) is 1. The highest BCUT2D eigenvalue weighted by Gasteiger charge is 2.29. The van der Waals surface area contributed by atoms with Gasteiger partial charge < -0.3 is 5.32 Å². The molecule has 2 rings (SSSR count). The number of thioether (sulfide) groups is 1. The molecule has 0 saturated heterocycles. The Labute approximate surface area is 108 Å². The molecule has 0 saturated carbocycles. The fourth-order valence-corrected chi connectivity index (χ4v) is 3.24. The van der Waals surface area contributed by atoms with Gasteiger partial charge in [-0.3, -0.25) is 4.99 Å². The molecule has 0 unspecified atom stereocenters. The molecule has 0 fully saturated rings. The summed E-state index contributed by atoms with van der Waals surface area (Å²) in [7, 11) is 0. The summed E-state index contributed by atoms with van der Waals surface area (Å²) in [5, 5.41) is 4.44. The predicted molar refractivity (Wildman–Crippen MR) is 77.8 cm³/mol. The Kier molecular flexibility index (Phi) is 4.11. The average molecular weight is 248 g/mol. The van der Waals surface area contributed by atoms with Crippen LogP contribution in [-0.2, 0) is 0 Å². The highest BCUT2D eigenvalue weighted by atomic mass is 32.2. The molecule has 1 aromatic rings. The first-order valence-electron chi connectivity index (χ1n) is 6.27. The van der Waals surface area contributed by atoms with E-state index in [2.05, 4.69) is 36.3 Å². The van der Waals surface area contributed by atoms with E-state index < -0.39 is 0 Å². The number of anilines is 1. The number of benzene rings is 1. The van der Waals surface area contributed by atoms with Crippen LogP contribution in [-0.4, -0.2) is 17.5 Å². The first-order chi connectivity index (χ1) is 8.28.